The average molecular weight is 303 g/mol. The number of hydrogen-bond donors (Lipinski definition) is 0. The van der Waals surface area contributed by atoms with Crippen LogP contribution in [-0.4, -0.2) is 37.7 Å². The maximum atomic E-state index is 13.2. The first kappa shape index (κ1) is 13.9. The number of carbonyl (C=O) groups excluding carboxylic acids is 1. The number of hydrogen-bond acceptors (Lipinski definition) is 7. The molecule has 0 aliphatic carbocycles. The van der Waals surface area contributed by atoms with Gasteiger partial charge < -0.3 is 9.26 Å². The van der Waals surface area contributed by atoms with Crippen molar-refractivity contribution in [2.45, 2.75) is 6.92 Å². The second-order valence-corrected chi connectivity index (χ2v) is 4.17. The molecule has 0 amide bonds. The number of aromatic nitrogens is 5. The molecule has 3 aromatic rings. The van der Waals surface area contributed by atoms with Crippen molar-refractivity contribution >= 4 is 5.97 Å². The Bertz CT molecular complexity index is 813. The molecule has 2 heterocycles. The quantitative estimate of drug-likeness (QED) is 0.676. The molecule has 9 heteroatoms. The number of halogens is 1. The number of rotatable bonds is 4. The highest BCUT2D eigenvalue weighted by Gasteiger charge is 2.19. The molecule has 0 aliphatic rings. The third kappa shape index (κ3) is 2.68. The van der Waals surface area contributed by atoms with Crippen LogP contribution in [0.5, 0.6) is 0 Å². The predicted octanol–water partition coefficient (Wildman–Crippen LogP) is 1.63. The zero-order valence-electron chi connectivity index (χ0n) is 11.4. The molecule has 3 rings (SSSR count). The Morgan fingerprint density at radius 1 is 1.45 bits per heavy atom. The third-order valence-corrected chi connectivity index (χ3v) is 2.67. The lowest BCUT2D eigenvalue weighted by atomic mass is 10.3. The van der Waals surface area contributed by atoms with Gasteiger partial charge >= 0.3 is 11.9 Å². The van der Waals surface area contributed by atoms with Crippen LogP contribution in [0.1, 0.15) is 17.6 Å². The lowest BCUT2D eigenvalue weighted by molar-refractivity contribution is 0.0470. The SMILES string of the molecule is CCOC(=O)c1nc(-c2cn(-c3cccc(F)c3)nn2)no1. The van der Waals surface area contributed by atoms with E-state index in [1.807, 2.05) is 0 Å². The molecule has 2 aromatic heterocycles. The van der Waals surface area contributed by atoms with Crippen LogP contribution < -0.4 is 0 Å². The first-order valence-electron chi connectivity index (χ1n) is 6.37. The highest BCUT2D eigenvalue weighted by atomic mass is 19.1. The van der Waals surface area contributed by atoms with Gasteiger partial charge in [-0.05, 0) is 25.1 Å². The minimum atomic E-state index is -0.709. The minimum Gasteiger partial charge on any atom is -0.459 e. The maximum Gasteiger partial charge on any atom is 0.397 e. The summed E-state index contributed by atoms with van der Waals surface area (Å²) in [5, 5.41) is 11.4. The van der Waals surface area contributed by atoms with Gasteiger partial charge in [0.05, 0.1) is 18.5 Å². The van der Waals surface area contributed by atoms with Crippen molar-refractivity contribution in [3.05, 3.63) is 42.2 Å². The Labute approximate surface area is 123 Å². The molecule has 8 nitrogen and oxygen atoms in total. The van der Waals surface area contributed by atoms with Crippen LogP contribution in [0, 0.1) is 5.82 Å². The molecule has 0 fully saturated rings. The van der Waals surface area contributed by atoms with Gasteiger partial charge in [-0.3, -0.25) is 0 Å². The molecule has 0 radical (unpaired) electrons. The Morgan fingerprint density at radius 3 is 3.09 bits per heavy atom. The Kier molecular flexibility index (Phi) is 3.60. The van der Waals surface area contributed by atoms with E-state index in [0.29, 0.717) is 5.69 Å². The molecule has 112 valence electrons. The molecule has 0 saturated carbocycles. The smallest absolute Gasteiger partial charge is 0.397 e. The van der Waals surface area contributed by atoms with Gasteiger partial charge in [-0.15, -0.1) is 5.10 Å². The van der Waals surface area contributed by atoms with Crippen LogP contribution in [0.15, 0.2) is 35.0 Å². The predicted molar refractivity (Wildman–Crippen MR) is 70.6 cm³/mol. The number of benzene rings is 1. The van der Waals surface area contributed by atoms with E-state index in [9.17, 15) is 9.18 Å². The molecule has 0 bridgehead atoms. The Morgan fingerprint density at radius 2 is 2.32 bits per heavy atom. The van der Waals surface area contributed by atoms with E-state index in [1.165, 1.54) is 23.0 Å². The number of carbonyl (C=O) groups is 1. The van der Waals surface area contributed by atoms with Crippen LogP contribution in [0.3, 0.4) is 0 Å². The van der Waals surface area contributed by atoms with Crippen LogP contribution in [0.2, 0.25) is 0 Å². The molecule has 0 N–H and O–H groups in total. The molecule has 0 unspecified atom stereocenters. The van der Waals surface area contributed by atoms with Crippen molar-refractivity contribution in [1.82, 2.24) is 25.1 Å². The molecule has 0 spiro atoms. The van der Waals surface area contributed by atoms with E-state index < -0.39 is 11.8 Å². The van der Waals surface area contributed by atoms with Gasteiger partial charge in [0, 0.05) is 0 Å². The fourth-order valence-corrected chi connectivity index (χ4v) is 1.71. The van der Waals surface area contributed by atoms with E-state index >= 15 is 0 Å². The van der Waals surface area contributed by atoms with Crippen molar-refractivity contribution in [2.75, 3.05) is 6.61 Å². The molecule has 22 heavy (non-hydrogen) atoms. The molecule has 1 aromatic carbocycles. The summed E-state index contributed by atoms with van der Waals surface area (Å²) < 4.78 is 24.1. The van der Waals surface area contributed by atoms with Gasteiger partial charge in [0.25, 0.3) is 0 Å². The van der Waals surface area contributed by atoms with E-state index in [1.54, 1.807) is 19.1 Å². The number of nitrogens with zero attached hydrogens (tertiary/aromatic N) is 5. The van der Waals surface area contributed by atoms with E-state index in [4.69, 9.17) is 9.26 Å². The lowest BCUT2D eigenvalue weighted by Gasteiger charge is -1.98. The first-order chi connectivity index (χ1) is 10.7. The topological polar surface area (TPSA) is 95.9 Å². The summed E-state index contributed by atoms with van der Waals surface area (Å²) >= 11 is 0. The fraction of sp³-hybridized carbons (Fsp3) is 0.154. The van der Waals surface area contributed by atoms with E-state index in [2.05, 4.69) is 20.5 Å². The first-order valence-corrected chi connectivity index (χ1v) is 6.37. The van der Waals surface area contributed by atoms with Gasteiger partial charge in [0.15, 0.2) is 5.69 Å². The standard InChI is InChI=1S/C13H10FN5O3/c1-2-21-13(20)12-15-11(17-22-12)10-7-19(18-16-10)9-5-3-4-8(14)6-9/h3-7H,2H2,1H3. The highest BCUT2D eigenvalue weighted by molar-refractivity contribution is 5.84. The van der Waals surface area contributed by atoms with Crippen molar-refractivity contribution in [1.29, 1.82) is 0 Å². The maximum absolute atomic E-state index is 13.2. The van der Waals surface area contributed by atoms with Gasteiger partial charge in [-0.2, -0.15) is 4.98 Å². The number of esters is 1. The summed E-state index contributed by atoms with van der Waals surface area (Å²) in [4.78, 5) is 15.3. The Hall–Kier alpha value is -3.10. The third-order valence-electron chi connectivity index (χ3n) is 2.67. The van der Waals surface area contributed by atoms with Gasteiger partial charge in [-0.25, -0.2) is 13.9 Å². The largest absolute Gasteiger partial charge is 0.459 e. The van der Waals surface area contributed by atoms with E-state index in [0.717, 1.165) is 0 Å². The molecular weight excluding hydrogens is 293 g/mol. The monoisotopic (exact) mass is 303 g/mol. The van der Waals surface area contributed by atoms with Gasteiger partial charge in [0.1, 0.15) is 5.82 Å². The summed E-state index contributed by atoms with van der Waals surface area (Å²) in [6.45, 7) is 1.87. The minimum absolute atomic E-state index is 0.0886. The summed E-state index contributed by atoms with van der Waals surface area (Å²) in [5.41, 5.74) is 0.774. The molecule has 0 aliphatic heterocycles. The normalized spacial score (nSPS) is 10.6. The van der Waals surface area contributed by atoms with Crippen LogP contribution >= 0.6 is 0 Å². The summed E-state index contributed by atoms with van der Waals surface area (Å²) in [6, 6.07) is 5.85. The fourth-order valence-electron chi connectivity index (χ4n) is 1.71. The summed E-state index contributed by atoms with van der Waals surface area (Å²) in [5.74, 6) is -1.28. The zero-order valence-corrected chi connectivity index (χ0v) is 11.4. The lowest BCUT2D eigenvalue weighted by Crippen LogP contribution is -2.04. The zero-order chi connectivity index (χ0) is 15.5. The van der Waals surface area contributed by atoms with Crippen LogP contribution in [0.25, 0.3) is 17.2 Å². The van der Waals surface area contributed by atoms with Crippen LogP contribution in [0.4, 0.5) is 4.39 Å². The second kappa shape index (κ2) is 5.72. The van der Waals surface area contributed by atoms with Crippen LogP contribution in [-0.2, 0) is 4.74 Å². The second-order valence-electron chi connectivity index (χ2n) is 4.17. The Balaban J connectivity index is 1.86. The van der Waals surface area contributed by atoms with Gasteiger partial charge in [-0.1, -0.05) is 16.4 Å². The number of ether oxygens (including phenoxy) is 1. The highest BCUT2D eigenvalue weighted by Crippen LogP contribution is 2.15. The van der Waals surface area contributed by atoms with Crippen molar-refractivity contribution < 1.29 is 18.4 Å². The van der Waals surface area contributed by atoms with Crippen molar-refractivity contribution in [3.8, 4) is 17.2 Å². The average Bonchev–Trinajstić information content (AvgIpc) is 3.17. The molecule has 0 atom stereocenters. The summed E-state index contributed by atoms with van der Waals surface area (Å²) in [6.07, 6.45) is 1.49. The molecular formula is C13H10FN5O3. The van der Waals surface area contributed by atoms with E-state index in [-0.39, 0.29) is 24.0 Å². The van der Waals surface area contributed by atoms with Crippen molar-refractivity contribution in [2.24, 2.45) is 0 Å². The van der Waals surface area contributed by atoms with Crippen molar-refractivity contribution in [3.63, 3.8) is 0 Å². The van der Waals surface area contributed by atoms with Gasteiger partial charge in [0.2, 0.25) is 5.82 Å². The summed E-state index contributed by atoms with van der Waals surface area (Å²) in [7, 11) is 0. The molecule has 0 saturated heterocycles.